The van der Waals surface area contributed by atoms with Crippen molar-refractivity contribution in [1.29, 1.82) is 0 Å². The molecule has 4 rings (SSSR count). The van der Waals surface area contributed by atoms with E-state index in [1.807, 2.05) is 101 Å². The van der Waals surface area contributed by atoms with Crippen molar-refractivity contribution in [2.45, 2.75) is 130 Å². The number of carbonyl (C=O) groups is 8. The number of amides is 6. The monoisotopic (exact) mass is 1150 g/mol. The van der Waals surface area contributed by atoms with Gasteiger partial charge < -0.3 is 51.0 Å². The first-order valence-corrected chi connectivity index (χ1v) is 27.7. The van der Waals surface area contributed by atoms with Gasteiger partial charge in [0.05, 0.1) is 36.3 Å². The molecule has 6 N–H and O–H groups in total. The Kier molecular flexibility index (Phi) is 29.9. The smallest absolute Gasteiger partial charge is 0.289 e. The fraction of sp³-hybridized carbons (Fsp3) is 0.467. The Bertz CT molecular complexity index is 2650. The molecular formula is C60H81Cl2N7O11. The molecule has 0 fully saturated rings. The second-order valence-corrected chi connectivity index (χ2v) is 21.0. The lowest BCUT2D eigenvalue weighted by Gasteiger charge is -2.23. The number of Topliss-reactive ketones (excluding diaryl/α,β-unsaturated/α-hetero) is 2. The summed E-state index contributed by atoms with van der Waals surface area (Å²) in [6.07, 6.45) is 2.66. The van der Waals surface area contributed by atoms with Gasteiger partial charge in [-0.3, -0.25) is 38.4 Å². The molecule has 0 spiro atoms. The van der Waals surface area contributed by atoms with E-state index >= 15 is 0 Å². The van der Waals surface area contributed by atoms with Crippen molar-refractivity contribution in [3.63, 3.8) is 0 Å². The van der Waals surface area contributed by atoms with Gasteiger partial charge in [-0.15, -0.1) is 0 Å². The lowest BCUT2D eigenvalue weighted by Crippen LogP contribution is -2.54. The largest absolute Gasteiger partial charge is 0.495 e. The van der Waals surface area contributed by atoms with E-state index in [1.165, 1.54) is 14.2 Å². The summed E-state index contributed by atoms with van der Waals surface area (Å²) in [7, 11) is 6.90. The van der Waals surface area contributed by atoms with Crippen molar-refractivity contribution in [3.8, 4) is 17.2 Å². The first kappa shape index (κ1) is 67.3. The van der Waals surface area contributed by atoms with Gasteiger partial charge >= 0.3 is 0 Å². The third-order valence-corrected chi connectivity index (χ3v) is 13.1. The van der Waals surface area contributed by atoms with Gasteiger partial charge in [0, 0.05) is 43.6 Å². The highest BCUT2D eigenvalue weighted by molar-refractivity contribution is 6.39. The minimum atomic E-state index is -1.04. The Hall–Kier alpha value is -7.02. The summed E-state index contributed by atoms with van der Waals surface area (Å²) in [5.41, 5.74) is 3.22. The summed E-state index contributed by atoms with van der Waals surface area (Å²) in [5.74, 6) is -2.94. The molecule has 4 aromatic rings. The van der Waals surface area contributed by atoms with E-state index < -0.39 is 59.4 Å². The highest BCUT2D eigenvalue weighted by atomic mass is 35.5. The van der Waals surface area contributed by atoms with Crippen molar-refractivity contribution < 1.29 is 52.6 Å². The van der Waals surface area contributed by atoms with Gasteiger partial charge in [-0.1, -0.05) is 131 Å². The van der Waals surface area contributed by atoms with E-state index in [0.29, 0.717) is 65.0 Å². The Labute approximate surface area is 481 Å². The molecule has 0 bridgehead atoms. The molecule has 436 valence electrons. The number of ketones is 2. The van der Waals surface area contributed by atoms with E-state index in [0.717, 1.165) is 23.4 Å². The highest BCUT2D eigenvalue weighted by Gasteiger charge is 2.31. The Morgan fingerprint density at radius 3 is 1.31 bits per heavy atom. The molecule has 18 nitrogen and oxygen atoms in total. The number of hydrogen-bond donors (Lipinski definition) is 6. The van der Waals surface area contributed by atoms with Crippen LogP contribution in [-0.2, 0) is 64.3 Å². The highest BCUT2D eigenvalue weighted by Crippen LogP contribution is 2.29. The van der Waals surface area contributed by atoms with Crippen LogP contribution in [0.4, 0.5) is 0 Å². The van der Waals surface area contributed by atoms with Crippen LogP contribution < -0.4 is 46.1 Å². The zero-order chi connectivity index (χ0) is 59.3. The number of nitrogens with one attached hydrogen (secondary N) is 6. The quantitative estimate of drug-likeness (QED) is 0.0268. The van der Waals surface area contributed by atoms with Crippen molar-refractivity contribution in [3.05, 3.63) is 123 Å². The van der Waals surface area contributed by atoms with Gasteiger partial charge in [0.15, 0.2) is 0 Å². The fourth-order valence-corrected chi connectivity index (χ4v) is 8.68. The Morgan fingerprint density at radius 1 is 0.525 bits per heavy atom. The summed E-state index contributed by atoms with van der Waals surface area (Å²) in [6, 6.07) is 23.7. The van der Waals surface area contributed by atoms with Crippen molar-refractivity contribution >= 4 is 70.2 Å². The second kappa shape index (κ2) is 35.6. The van der Waals surface area contributed by atoms with E-state index in [-0.39, 0.29) is 62.4 Å². The van der Waals surface area contributed by atoms with Crippen LogP contribution in [0.5, 0.6) is 17.2 Å². The molecule has 2 unspecified atom stereocenters. The third-order valence-electron chi connectivity index (χ3n) is 12.5. The molecule has 4 aromatic carbocycles. The average molecular weight is 1150 g/mol. The summed E-state index contributed by atoms with van der Waals surface area (Å²) >= 11 is 12.2. The minimum absolute atomic E-state index is 0.0247. The summed E-state index contributed by atoms with van der Waals surface area (Å²) in [4.78, 5) is 105. The van der Waals surface area contributed by atoms with Gasteiger partial charge in [0.25, 0.3) is 11.8 Å². The lowest BCUT2D eigenvalue weighted by atomic mass is 10.0. The summed E-state index contributed by atoms with van der Waals surface area (Å²) in [6.45, 7) is 12.6. The molecule has 0 saturated heterocycles. The maximum absolute atomic E-state index is 13.2. The molecule has 0 aromatic heterocycles. The van der Waals surface area contributed by atoms with Crippen LogP contribution in [-0.4, -0.2) is 118 Å². The van der Waals surface area contributed by atoms with Crippen LogP contribution in [0, 0.1) is 11.8 Å². The number of aryl methyl sites for hydroxylation is 2. The average Bonchev–Trinajstić information content (AvgIpc) is 3.43. The topological polar surface area (TPSA) is 240 Å². The molecule has 0 aliphatic carbocycles. The van der Waals surface area contributed by atoms with Crippen LogP contribution >= 0.6 is 23.2 Å². The molecule has 0 aliphatic heterocycles. The molecule has 0 aliphatic rings. The Balaban J connectivity index is 0.000000425. The van der Waals surface area contributed by atoms with E-state index in [4.69, 9.17) is 37.4 Å². The lowest BCUT2D eigenvalue weighted by molar-refractivity contribution is -0.140. The second-order valence-electron chi connectivity index (χ2n) is 20.2. The third kappa shape index (κ3) is 23.7. The van der Waals surface area contributed by atoms with E-state index in [2.05, 4.69) is 31.9 Å². The molecule has 6 amide bonds. The first-order chi connectivity index (χ1) is 38.1. The predicted octanol–water partition coefficient (Wildman–Crippen LogP) is 7.13. The minimum Gasteiger partial charge on any atom is -0.495 e. The van der Waals surface area contributed by atoms with Gasteiger partial charge in [0.2, 0.25) is 35.2 Å². The standard InChI is InChI=1S/C32H45ClN4O6.C28H36ClN3O5/c1-7-26(29(39)32(41)34-20-23-9-8-10-25(33)30(23)42-6)36-31(40)27(19-21(2)3)35-28(38)16-13-22-11-14-24(15-12-22)43-18-17-37(4)5;1-5-22(25(34)28(36)30-17-20-12-9-13-21(29)26(20)37-4)32-27(35)23(16-18(2)3)31-24(33)15-14-19-10-7-6-8-11-19/h8-12,14-15,21,26-27H,7,13,16-20H2,1-6H3,(H,34,41)(H,35,38)(H,36,40);6-13,18,22-23H,5,14-17H2,1-4H3,(H,30,36)(H,31,33)(H,32,35)/t26?,27-;22?,23-/m00/s1. The van der Waals surface area contributed by atoms with Gasteiger partial charge in [-0.2, -0.15) is 0 Å². The molecule has 0 saturated carbocycles. The first-order valence-electron chi connectivity index (χ1n) is 27.0. The maximum atomic E-state index is 13.2. The fourth-order valence-electron chi connectivity index (χ4n) is 8.13. The van der Waals surface area contributed by atoms with Crippen molar-refractivity contribution in [2.24, 2.45) is 11.8 Å². The number of benzene rings is 4. The number of likely N-dealkylation sites (N-methyl/N-ethyl adjacent to an activating group) is 1. The number of rotatable bonds is 32. The summed E-state index contributed by atoms with van der Waals surface area (Å²) < 4.78 is 16.3. The van der Waals surface area contributed by atoms with Crippen LogP contribution in [0.2, 0.25) is 10.0 Å². The van der Waals surface area contributed by atoms with Crippen molar-refractivity contribution in [2.75, 3.05) is 41.5 Å². The molecule has 0 heterocycles. The maximum Gasteiger partial charge on any atom is 0.289 e. The molecular weight excluding hydrogens is 1070 g/mol. The van der Waals surface area contributed by atoms with Crippen LogP contribution in [0.3, 0.4) is 0 Å². The molecule has 80 heavy (non-hydrogen) atoms. The number of hydrogen-bond acceptors (Lipinski definition) is 12. The molecule has 0 radical (unpaired) electrons. The van der Waals surface area contributed by atoms with Gasteiger partial charge in [-0.05, 0) is 99.8 Å². The molecule has 20 heteroatoms. The Morgan fingerprint density at radius 2 is 0.938 bits per heavy atom. The number of halogens is 2. The van der Waals surface area contributed by atoms with E-state index in [9.17, 15) is 38.4 Å². The number of carbonyl (C=O) groups excluding carboxylic acids is 8. The SMILES string of the molecule is CCC(NC(=O)[C@H](CC(C)C)NC(=O)CCc1ccc(OCCN(C)C)cc1)C(=O)C(=O)NCc1cccc(Cl)c1OC.CCC(NC(=O)[C@H](CC(C)C)NC(=O)CCc1ccccc1)C(=O)C(=O)NCc1cccc(Cl)c1OC. The normalized spacial score (nSPS) is 12.4. The van der Waals surface area contributed by atoms with Crippen LogP contribution in [0.1, 0.15) is 102 Å². The zero-order valence-electron chi connectivity index (χ0n) is 47.8. The summed E-state index contributed by atoms with van der Waals surface area (Å²) in [5, 5.41) is 16.8. The van der Waals surface area contributed by atoms with Gasteiger partial charge in [-0.25, -0.2) is 0 Å². The van der Waals surface area contributed by atoms with Crippen molar-refractivity contribution in [1.82, 2.24) is 36.8 Å². The van der Waals surface area contributed by atoms with Crippen LogP contribution in [0.15, 0.2) is 91.0 Å². The molecule has 4 atom stereocenters. The van der Waals surface area contributed by atoms with E-state index in [1.54, 1.807) is 50.2 Å². The zero-order valence-corrected chi connectivity index (χ0v) is 49.3. The number of para-hydroxylation sites is 2. The van der Waals surface area contributed by atoms with Crippen LogP contribution in [0.25, 0.3) is 0 Å². The number of nitrogens with zero attached hydrogens (tertiary/aromatic N) is 1. The predicted molar refractivity (Wildman–Crippen MR) is 311 cm³/mol. The number of methoxy groups -OCH3 is 2. The number of ether oxygens (including phenoxy) is 3. The van der Waals surface area contributed by atoms with Gasteiger partial charge in [0.1, 0.15) is 35.9 Å².